The molecule has 244 valence electrons. The third-order valence-corrected chi connectivity index (χ3v) is 6.16. The van der Waals surface area contributed by atoms with Gasteiger partial charge in [0.05, 0.1) is 33.0 Å². The first-order chi connectivity index (χ1) is 21.3. The number of nitrogens with zero attached hydrogens (tertiary/aromatic N) is 1. The minimum absolute atomic E-state index is 0. The summed E-state index contributed by atoms with van der Waals surface area (Å²) in [7, 11) is 1.58. The maximum Gasteiger partial charge on any atom is 0.408 e. The quantitative estimate of drug-likeness (QED) is 0.0721. The van der Waals surface area contributed by atoms with Crippen LogP contribution in [0.1, 0.15) is 34.3 Å². The van der Waals surface area contributed by atoms with Gasteiger partial charge in [-0.25, -0.2) is 9.59 Å². The lowest BCUT2D eigenvalue weighted by molar-refractivity contribution is -0.122. The molecule has 0 radical (unpaired) electrons. The number of ether oxygens (including phenoxy) is 4. The van der Waals surface area contributed by atoms with Crippen molar-refractivity contribution in [3.8, 4) is 0 Å². The van der Waals surface area contributed by atoms with Gasteiger partial charge in [0.2, 0.25) is 5.91 Å². The Kier molecular flexibility index (Phi) is 16.1. The normalized spacial score (nSPS) is 11.2. The highest BCUT2D eigenvalue weighted by Crippen LogP contribution is 2.20. The zero-order valence-electron chi connectivity index (χ0n) is 24.8. The number of halogens is 1. The van der Waals surface area contributed by atoms with Crippen LogP contribution in [0, 0.1) is 0 Å². The number of carbonyl (C=O) groups excluding carboxylic acids is 3. The van der Waals surface area contributed by atoms with E-state index in [0.717, 1.165) is 5.56 Å². The summed E-state index contributed by atoms with van der Waals surface area (Å²) in [6.45, 7) is 1.89. The van der Waals surface area contributed by atoms with Gasteiger partial charge in [-0.2, -0.15) is 0 Å². The Hall–Kier alpha value is -4.50. The predicted octanol–water partition coefficient (Wildman–Crippen LogP) is 2.00. The van der Waals surface area contributed by atoms with Gasteiger partial charge >= 0.3 is 11.7 Å². The minimum atomic E-state index is -1.13. The van der Waals surface area contributed by atoms with Crippen molar-refractivity contribution in [3.05, 3.63) is 81.7 Å². The second-order valence-corrected chi connectivity index (χ2v) is 9.49. The fourth-order valence-corrected chi connectivity index (χ4v) is 3.99. The van der Waals surface area contributed by atoms with Crippen LogP contribution in [-0.4, -0.2) is 70.0 Å². The number of amides is 3. The van der Waals surface area contributed by atoms with E-state index in [1.54, 1.807) is 37.4 Å². The Balaban J connectivity index is 0.00000705. The van der Waals surface area contributed by atoms with Crippen LogP contribution in [0.3, 0.4) is 0 Å². The molecule has 0 bridgehead atoms. The highest BCUT2D eigenvalue weighted by atomic mass is 35.5. The summed E-state index contributed by atoms with van der Waals surface area (Å²) < 4.78 is 26.4. The van der Waals surface area contributed by atoms with Crippen LogP contribution in [0.25, 0.3) is 11.0 Å². The van der Waals surface area contributed by atoms with Crippen molar-refractivity contribution < 1.29 is 37.7 Å². The van der Waals surface area contributed by atoms with Crippen LogP contribution >= 0.6 is 12.4 Å². The van der Waals surface area contributed by atoms with E-state index in [4.69, 9.17) is 34.8 Å². The van der Waals surface area contributed by atoms with Crippen molar-refractivity contribution in [1.29, 1.82) is 0 Å². The molecule has 0 fully saturated rings. The number of guanidine groups is 1. The van der Waals surface area contributed by atoms with E-state index in [2.05, 4.69) is 15.6 Å². The second kappa shape index (κ2) is 19.7. The summed E-state index contributed by atoms with van der Waals surface area (Å²) >= 11 is 0. The van der Waals surface area contributed by atoms with Gasteiger partial charge in [-0.15, -0.1) is 12.4 Å². The van der Waals surface area contributed by atoms with Crippen molar-refractivity contribution in [3.63, 3.8) is 0 Å². The number of fused-ring (bicyclic) bond motifs is 1. The fraction of sp³-hybridized carbons (Fsp3) is 0.367. The highest BCUT2D eigenvalue weighted by molar-refractivity contribution is 6.07. The van der Waals surface area contributed by atoms with Gasteiger partial charge in [-0.3, -0.25) is 19.9 Å². The monoisotopic (exact) mass is 647 g/mol. The Bertz CT molecular complexity index is 1480. The van der Waals surface area contributed by atoms with E-state index in [1.165, 1.54) is 18.2 Å². The first kappa shape index (κ1) is 36.7. The van der Waals surface area contributed by atoms with Gasteiger partial charge in [-0.1, -0.05) is 36.4 Å². The lowest BCUT2D eigenvalue weighted by Crippen LogP contribution is -2.48. The van der Waals surface area contributed by atoms with Crippen molar-refractivity contribution in [2.75, 3.05) is 40.1 Å². The summed E-state index contributed by atoms with van der Waals surface area (Å²) in [5.41, 5.74) is 11.6. The number of hydrogen-bond acceptors (Lipinski definition) is 10. The summed E-state index contributed by atoms with van der Waals surface area (Å²) in [5, 5.41) is 5.33. The maximum absolute atomic E-state index is 13.1. The van der Waals surface area contributed by atoms with Crippen LogP contribution in [0.4, 0.5) is 4.79 Å². The molecule has 0 aliphatic rings. The molecule has 3 rings (SSSR count). The van der Waals surface area contributed by atoms with E-state index in [9.17, 15) is 19.2 Å². The molecule has 1 atom stereocenters. The van der Waals surface area contributed by atoms with Crippen molar-refractivity contribution >= 4 is 47.2 Å². The predicted molar refractivity (Wildman–Crippen MR) is 168 cm³/mol. The number of nitrogens with one attached hydrogen (secondary N) is 2. The second-order valence-electron chi connectivity index (χ2n) is 9.49. The van der Waals surface area contributed by atoms with Gasteiger partial charge in [0.15, 0.2) is 5.96 Å². The van der Waals surface area contributed by atoms with E-state index in [-0.39, 0.29) is 55.7 Å². The molecule has 3 amide bonds. The molecule has 0 unspecified atom stereocenters. The van der Waals surface area contributed by atoms with Crippen LogP contribution < -0.4 is 27.7 Å². The van der Waals surface area contributed by atoms with Gasteiger partial charge in [0.25, 0.3) is 5.91 Å². The molecule has 1 heterocycles. The molecule has 0 saturated heterocycles. The molecule has 1 aromatic heterocycles. The molecule has 6 N–H and O–H groups in total. The molecule has 0 aliphatic carbocycles. The van der Waals surface area contributed by atoms with Gasteiger partial charge < -0.3 is 40.1 Å². The number of rotatable bonds is 17. The number of hydrogen-bond donors (Lipinski definition) is 4. The number of aliphatic imine (C=N–C) groups is 1. The zero-order valence-corrected chi connectivity index (χ0v) is 25.6. The standard InChI is InChI=1S/C30H37N5O9.ClH/c1-40-12-13-41-14-15-42-19-22-17-26(36)44-25-16-21(9-10-23(22)25)27(37)35-28(38)24(8-5-11-33-29(31)32)34-30(39)43-18-20-6-3-2-4-7-20;/h2-4,6-7,9-10,16-17,24H,5,8,11-15,18-19H2,1H3,(H,34,39)(H4,31,32,33)(H,35,37,38);1H/t24-;/m0./s1. The van der Waals surface area contributed by atoms with Gasteiger partial charge in [0, 0.05) is 30.7 Å². The Labute approximate surface area is 265 Å². The SMILES string of the molecule is COCCOCCOCc1cc(=O)oc2cc(C(=O)NC(=O)[C@H](CCCN=C(N)N)NC(=O)OCc3ccccc3)ccc12.Cl. The van der Waals surface area contributed by atoms with Crippen molar-refractivity contribution in [2.24, 2.45) is 16.5 Å². The first-order valence-corrected chi connectivity index (χ1v) is 13.9. The summed E-state index contributed by atoms with van der Waals surface area (Å²) in [6, 6.07) is 13.6. The maximum atomic E-state index is 13.1. The van der Waals surface area contributed by atoms with Crippen molar-refractivity contribution in [1.82, 2.24) is 10.6 Å². The third-order valence-electron chi connectivity index (χ3n) is 6.16. The summed E-state index contributed by atoms with van der Waals surface area (Å²) in [6.07, 6.45) is -0.398. The minimum Gasteiger partial charge on any atom is -0.445 e. The van der Waals surface area contributed by atoms with Crippen LogP contribution in [0.2, 0.25) is 0 Å². The number of alkyl carbamates (subject to hydrolysis) is 1. The number of carbonyl (C=O) groups is 3. The Morgan fingerprint density at radius 2 is 1.69 bits per heavy atom. The lowest BCUT2D eigenvalue weighted by Gasteiger charge is -2.18. The lowest BCUT2D eigenvalue weighted by atomic mass is 10.1. The van der Waals surface area contributed by atoms with E-state index in [1.807, 2.05) is 6.07 Å². The first-order valence-electron chi connectivity index (χ1n) is 13.9. The van der Waals surface area contributed by atoms with Crippen LogP contribution in [0.15, 0.2) is 68.8 Å². The topological polar surface area (TPSA) is 207 Å². The van der Waals surface area contributed by atoms with Crippen LogP contribution in [0.5, 0.6) is 0 Å². The Morgan fingerprint density at radius 1 is 0.956 bits per heavy atom. The van der Waals surface area contributed by atoms with Gasteiger partial charge in [0.1, 0.15) is 18.2 Å². The molecular weight excluding hydrogens is 610 g/mol. The molecule has 3 aromatic rings. The van der Waals surface area contributed by atoms with E-state index < -0.39 is 29.6 Å². The largest absolute Gasteiger partial charge is 0.445 e. The molecule has 14 nitrogen and oxygen atoms in total. The number of methoxy groups -OCH3 is 1. The molecule has 0 saturated carbocycles. The molecule has 2 aromatic carbocycles. The van der Waals surface area contributed by atoms with Gasteiger partial charge in [-0.05, 0) is 36.1 Å². The average molecular weight is 648 g/mol. The highest BCUT2D eigenvalue weighted by Gasteiger charge is 2.24. The number of nitrogens with two attached hydrogens (primary N) is 2. The summed E-state index contributed by atoms with van der Waals surface area (Å²) in [4.78, 5) is 54.6. The number of imide groups is 1. The molecule has 45 heavy (non-hydrogen) atoms. The average Bonchev–Trinajstić information content (AvgIpc) is 3.00. The van der Waals surface area contributed by atoms with Crippen molar-refractivity contribution in [2.45, 2.75) is 32.1 Å². The number of benzene rings is 2. The van der Waals surface area contributed by atoms with E-state index in [0.29, 0.717) is 43.8 Å². The Morgan fingerprint density at radius 3 is 2.42 bits per heavy atom. The zero-order chi connectivity index (χ0) is 31.7. The molecular formula is C30H38ClN5O9. The summed E-state index contributed by atoms with van der Waals surface area (Å²) in [5.74, 6) is -1.64. The van der Waals surface area contributed by atoms with Crippen LogP contribution in [-0.2, 0) is 37.0 Å². The molecule has 15 heteroatoms. The van der Waals surface area contributed by atoms with E-state index >= 15 is 0 Å². The molecule has 0 aliphatic heterocycles. The fourth-order valence-electron chi connectivity index (χ4n) is 3.99. The smallest absolute Gasteiger partial charge is 0.408 e. The third kappa shape index (κ3) is 12.9. The molecule has 0 spiro atoms.